The van der Waals surface area contributed by atoms with Crippen LogP contribution in [0.15, 0.2) is 0 Å². The van der Waals surface area contributed by atoms with Gasteiger partial charge in [-0.25, -0.2) is 4.79 Å². The van der Waals surface area contributed by atoms with E-state index in [1.807, 2.05) is 13.8 Å². The van der Waals surface area contributed by atoms with E-state index in [-0.39, 0.29) is 24.0 Å². The summed E-state index contributed by atoms with van der Waals surface area (Å²) in [5.41, 5.74) is -0.0845. The van der Waals surface area contributed by atoms with Crippen LogP contribution in [0.25, 0.3) is 0 Å². The van der Waals surface area contributed by atoms with Gasteiger partial charge in [0.1, 0.15) is 0 Å². The van der Waals surface area contributed by atoms with Gasteiger partial charge in [-0.15, -0.1) is 0 Å². The first-order valence-corrected chi connectivity index (χ1v) is 7.62. The summed E-state index contributed by atoms with van der Waals surface area (Å²) < 4.78 is 5.51. The van der Waals surface area contributed by atoms with Gasteiger partial charge >= 0.3 is 12.0 Å². The van der Waals surface area contributed by atoms with E-state index >= 15 is 0 Å². The van der Waals surface area contributed by atoms with E-state index in [2.05, 4.69) is 5.32 Å². The van der Waals surface area contributed by atoms with E-state index < -0.39 is 5.97 Å². The number of nitrogens with one attached hydrogen (secondary N) is 1. The third-order valence-corrected chi connectivity index (χ3v) is 3.94. The number of aliphatic carboxylic acids is 1. The van der Waals surface area contributed by atoms with Crippen molar-refractivity contribution in [3.05, 3.63) is 0 Å². The Labute approximate surface area is 126 Å². The Kier molecular flexibility index (Phi) is 6.95. The molecule has 1 aliphatic heterocycles. The lowest BCUT2D eigenvalue weighted by molar-refractivity contribution is -0.137. The maximum Gasteiger partial charge on any atom is 0.317 e. The number of amides is 2. The monoisotopic (exact) mass is 300 g/mol. The average molecular weight is 300 g/mol. The Hall–Kier alpha value is -1.30. The van der Waals surface area contributed by atoms with Crippen LogP contribution < -0.4 is 5.32 Å². The number of carboxylic acids is 1. The lowest BCUT2D eigenvalue weighted by atomic mass is 9.84. The summed E-state index contributed by atoms with van der Waals surface area (Å²) in [7, 11) is 1.77. The molecule has 0 radical (unpaired) electrons. The van der Waals surface area contributed by atoms with Crippen LogP contribution in [0.4, 0.5) is 4.79 Å². The van der Waals surface area contributed by atoms with Crippen LogP contribution in [0, 0.1) is 5.41 Å². The number of carboxylic acid groups (broad SMARTS) is 1. The van der Waals surface area contributed by atoms with Crippen molar-refractivity contribution in [2.75, 3.05) is 26.7 Å². The van der Waals surface area contributed by atoms with Gasteiger partial charge in [-0.3, -0.25) is 4.79 Å². The lowest BCUT2D eigenvalue weighted by Gasteiger charge is -2.25. The van der Waals surface area contributed by atoms with Crippen molar-refractivity contribution in [1.29, 1.82) is 0 Å². The molecule has 1 heterocycles. The van der Waals surface area contributed by atoms with E-state index in [9.17, 15) is 9.59 Å². The zero-order chi connectivity index (χ0) is 15.9. The number of nitrogens with zero attached hydrogens (tertiary/aromatic N) is 1. The van der Waals surface area contributed by atoms with Crippen LogP contribution >= 0.6 is 0 Å². The molecule has 0 aromatic rings. The fourth-order valence-corrected chi connectivity index (χ4v) is 2.39. The minimum Gasteiger partial charge on any atom is -0.481 e. The number of likely N-dealkylation sites (N-methyl/N-ethyl adjacent to an activating group) is 1. The zero-order valence-electron chi connectivity index (χ0n) is 13.4. The quantitative estimate of drug-likeness (QED) is 0.719. The van der Waals surface area contributed by atoms with E-state index in [0.717, 1.165) is 25.9 Å². The summed E-state index contributed by atoms with van der Waals surface area (Å²) in [6.07, 6.45) is 3.79. The van der Waals surface area contributed by atoms with Crippen LogP contribution in [-0.4, -0.2) is 54.9 Å². The molecule has 0 aliphatic carbocycles. The minimum atomic E-state index is -0.775. The average Bonchev–Trinajstić information content (AvgIpc) is 2.89. The van der Waals surface area contributed by atoms with E-state index in [1.54, 1.807) is 11.9 Å². The molecule has 0 aromatic carbocycles. The molecular formula is C15H28N2O4. The summed E-state index contributed by atoms with van der Waals surface area (Å²) >= 11 is 0. The molecule has 6 heteroatoms. The molecule has 2 N–H and O–H groups in total. The van der Waals surface area contributed by atoms with Crippen LogP contribution in [0.3, 0.4) is 0 Å². The minimum absolute atomic E-state index is 0.0845. The van der Waals surface area contributed by atoms with Crippen molar-refractivity contribution in [2.45, 2.75) is 52.1 Å². The van der Waals surface area contributed by atoms with Crippen molar-refractivity contribution in [3.8, 4) is 0 Å². The maximum atomic E-state index is 11.9. The first-order valence-electron chi connectivity index (χ1n) is 7.62. The highest BCUT2D eigenvalue weighted by atomic mass is 16.5. The maximum absolute atomic E-state index is 11.9. The van der Waals surface area contributed by atoms with Crippen LogP contribution in [-0.2, 0) is 9.53 Å². The van der Waals surface area contributed by atoms with Crippen molar-refractivity contribution in [3.63, 3.8) is 0 Å². The van der Waals surface area contributed by atoms with Crippen LogP contribution in [0.2, 0.25) is 0 Å². The number of hydrogen-bond acceptors (Lipinski definition) is 3. The molecule has 1 saturated heterocycles. The summed E-state index contributed by atoms with van der Waals surface area (Å²) in [5.74, 6) is -0.775. The molecule has 2 amide bonds. The SMILES string of the molecule is CN(CC1CCCO1)C(=O)NCCC(C)(C)CCC(=O)O. The van der Waals surface area contributed by atoms with E-state index in [1.165, 1.54) is 0 Å². The normalized spacial score (nSPS) is 18.5. The van der Waals surface area contributed by atoms with Gasteiger partial charge in [0.05, 0.1) is 6.10 Å². The topological polar surface area (TPSA) is 78.9 Å². The highest BCUT2D eigenvalue weighted by Gasteiger charge is 2.22. The predicted octanol–water partition coefficient (Wildman–Crippen LogP) is 2.09. The summed E-state index contributed by atoms with van der Waals surface area (Å²) in [6, 6.07) is -0.0977. The van der Waals surface area contributed by atoms with Gasteiger partial charge < -0.3 is 20.1 Å². The predicted molar refractivity (Wildman–Crippen MR) is 80.3 cm³/mol. The van der Waals surface area contributed by atoms with Gasteiger partial charge in [0.2, 0.25) is 0 Å². The third kappa shape index (κ3) is 7.32. The van der Waals surface area contributed by atoms with Gasteiger partial charge in [-0.2, -0.15) is 0 Å². The van der Waals surface area contributed by atoms with Crippen LogP contribution in [0.5, 0.6) is 0 Å². The third-order valence-electron chi connectivity index (χ3n) is 3.94. The molecule has 1 atom stereocenters. The molecule has 0 spiro atoms. The Morgan fingerprint density at radius 2 is 2.10 bits per heavy atom. The molecule has 1 unspecified atom stereocenters. The van der Waals surface area contributed by atoms with Crippen molar-refractivity contribution in [2.24, 2.45) is 5.41 Å². The molecule has 0 aromatic heterocycles. The zero-order valence-corrected chi connectivity index (χ0v) is 13.4. The van der Waals surface area contributed by atoms with E-state index in [0.29, 0.717) is 19.5 Å². The van der Waals surface area contributed by atoms with Gasteiger partial charge in [0, 0.05) is 33.2 Å². The Morgan fingerprint density at radius 3 is 2.67 bits per heavy atom. The van der Waals surface area contributed by atoms with Gasteiger partial charge in [0.25, 0.3) is 0 Å². The number of hydrogen-bond donors (Lipinski definition) is 2. The molecule has 1 rings (SSSR count). The number of carbonyl (C=O) groups is 2. The Balaban J connectivity index is 2.20. The second kappa shape index (κ2) is 8.22. The summed E-state index contributed by atoms with van der Waals surface area (Å²) in [5, 5.41) is 11.6. The molecular weight excluding hydrogens is 272 g/mol. The second-order valence-corrected chi connectivity index (χ2v) is 6.56. The number of rotatable bonds is 8. The van der Waals surface area contributed by atoms with Gasteiger partial charge in [-0.05, 0) is 31.1 Å². The number of urea groups is 1. The molecule has 1 aliphatic rings. The van der Waals surface area contributed by atoms with Gasteiger partial charge in [0.15, 0.2) is 0 Å². The highest BCUT2D eigenvalue weighted by Crippen LogP contribution is 2.26. The number of ether oxygens (including phenoxy) is 1. The first-order chi connectivity index (χ1) is 9.80. The molecule has 6 nitrogen and oxygen atoms in total. The first kappa shape index (κ1) is 17.8. The Bertz CT molecular complexity index is 352. The molecule has 122 valence electrons. The van der Waals surface area contributed by atoms with E-state index in [4.69, 9.17) is 9.84 Å². The molecule has 0 saturated carbocycles. The number of carbonyl (C=O) groups excluding carboxylic acids is 1. The fraction of sp³-hybridized carbons (Fsp3) is 0.867. The summed E-state index contributed by atoms with van der Waals surface area (Å²) in [6.45, 7) is 6.02. The standard InChI is InChI=1S/C15H28N2O4/c1-15(2,7-6-13(18)19)8-9-16-14(20)17(3)11-12-5-4-10-21-12/h12H,4-11H2,1-3H3,(H,16,20)(H,18,19). The van der Waals surface area contributed by atoms with Crippen molar-refractivity contribution < 1.29 is 19.4 Å². The van der Waals surface area contributed by atoms with Gasteiger partial charge in [-0.1, -0.05) is 13.8 Å². The Morgan fingerprint density at radius 1 is 1.38 bits per heavy atom. The summed E-state index contributed by atoms with van der Waals surface area (Å²) in [4.78, 5) is 24.2. The molecule has 0 bridgehead atoms. The van der Waals surface area contributed by atoms with Crippen molar-refractivity contribution in [1.82, 2.24) is 10.2 Å². The second-order valence-electron chi connectivity index (χ2n) is 6.56. The smallest absolute Gasteiger partial charge is 0.317 e. The molecule has 21 heavy (non-hydrogen) atoms. The van der Waals surface area contributed by atoms with Crippen molar-refractivity contribution >= 4 is 12.0 Å². The van der Waals surface area contributed by atoms with Crippen LogP contribution in [0.1, 0.15) is 46.0 Å². The highest BCUT2D eigenvalue weighted by molar-refractivity contribution is 5.73. The fourth-order valence-electron chi connectivity index (χ4n) is 2.39. The molecule has 1 fully saturated rings. The lowest BCUT2D eigenvalue weighted by Crippen LogP contribution is -2.42. The largest absolute Gasteiger partial charge is 0.481 e.